The first-order valence-corrected chi connectivity index (χ1v) is 5.15. The fourth-order valence-electron chi connectivity index (χ4n) is 1.72. The van der Waals surface area contributed by atoms with Gasteiger partial charge in [0.2, 0.25) is 0 Å². The highest BCUT2D eigenvalue weighted by Crippen LogP contribution is 2.40. The molecule has 0 saturated carbocycles. The summed E-state index contributed by atoms with van der Waals surface area (Å²) in [6, 6.07) is 0. The van der Waals surface area contributed by atoms with E-state index >= 15 is 0 Å². The van der Waals surface area contributed by atoms with Crippen LogP contribution in [0.25, 0.3) is 0 Å². The number of H-pyrrole nitrogens is 1. The SMILES string of the molecule is O=c1[nH]nc2c(c1C(F)(F)F)CCC2Br. The fraction of sp³-hybridized carbons (Fsp3) is 0.500. The molecule has 2 rings (SSSR count). The Labute approximate surface area is 90.8 Å². The molecule has 1 aliphatic carbocycles. The normalized spacial score (nSPS) is 20.4. The van der Waals surface area contributed by atoms with Crippen LogP contribution in [0.2, 0.25) is 0 Å². The average Bonchev–Trinajstić information content (AvgIpc) is 2.45. The molecule has 1 atom stereocenters. The largest absolute Gasteiger partial charge is 0.422 e. The molecule has 3 nitrogen and oxygen atoms in total. The minimum atomic E-state index is -4.61. The van der Waals surface area contributed by atoms with Gasteiger partial charge in [0.15, 0.2) is 0 Å². The van der Waals surface area contributed by atoms with E-state index < -0.39 is 17.3 Å². The third-order valence-corrected chi connectivity index (χ3v) is 3.24. The van der Waals surface area contributed by atoms with Crippen LogP contribution in [0.1, 0.15) is 28.1 Å². The summed E-state index contributed by atoms with van der Waals surface area (Å²) in [5.74, 6) is 0. The van der Waals surface area contributed by atoms with E-state index in [1.54, 1.807) is 0 Å². The zero-order chi connectivity index (χ0) is 11.2. The van der Waals surface area contributed by atoms with Gasteiger partial charge in [0.25, 0.3) is 5.56 Å². The second-order valence-electron chi connectivity index (χ2n) is 3.30. The zero-order valence-electron chi connectivity index (χ0n) is 7.36. The summed E-state index contributed by atoms with van der Waals surface area (Å²) in [6.45, 7) is 0. The van der Waals surface area contributed by atoms with Crippen LogP contribution in [0.3, 0.4) is 0 Å². The van der Waals surface area contributed by atoms with Crippen molar-refractivity contribution in [1.82, 2.24) is 10.2 Å². The van der Waals surface area contributed by atoms with Crippen molar-refractivity contribution in [3.05, 3.63) is 27.2 Å². The van der Waals surface area contributed by atoms with Gasteiger partial charge >= 0.3 is 6.18 Å². The summed E-state index contributed by atoms with van der Waals surface area (Å²) in [4.78, 5) is 10.9. The lowest BCUT2D eigenvalue weighted by Gasteiger charge is -2.09. The average molecular weight is 283 g/mol. The van der Waals surface area contributed by atoms with Crippen LogP contribution in [-0.4, -0.2) is 10.2 Å². The minimum absolute atomic E-state index is 0.0214. The van der Waals surface area contributed by atoms with Crippen molar-refractivity contribution in [3.63, 3.8) is 0 Å². The molecule has 1 N–H and O–H groups in total. The molecule has 0 aromatic carbocycles. The molecule has 1 aromatic rings. The van der Waals surface area contributed by atoms with Crippen LogP contribution >= 0.6 is 15.9 Å². The van der Waals surface area contributed by atoms with Gasteiger partial charge in [0.1, 0.15) is 5.56 Å². The maximum atomic E-state index is 12.6. The van der Waals surface area contributed by atoms with Crippen molar-refractivity contribution < 1.29 is 13.2 Å². The van der Waals surface area contributed by atoms with E-state index in [-0.39, 0.29) is 16.8 Å². The molecule has 1 aliphatic rings. The van der Waals surface area contributed by atoms with E-state index in [1.807, 2.05) is 5.10 Å². The molecule has 0 amide bonds. The van der Waals surface area contributed by atoms with Crippen molar-refractivity contribution in [1.29, 1.82) is 0 Å². The lowest BCUT2D eigenvalue weighted by molar-refractivity contribution is -0.139. The maximum absolute atomic E-state index is 12.6. The van der Waals surface area contributed by atoms with Crippen molar-refractivity contribution in [2.75, 3.05) is 0 Å². The number of rotatable bonds is 0. The van der Waals surface area contributed by atoms with E-state index in [0.717, 1.165) is 0 Å². The van der Waals surface area contributed by atoms with Crippen LogP contribution < -0.4 is 5.56 Å². The summed E-state index contributed by atoms with van der Waals surface area (Å²) in [5, 5.41) is 5.51. The quantitative estimate of drug-likeness (QED) is 0.742. The Bertz CT molecular complexity index is 454. The molecule has 0 fully saturated rings. The number of hydrogen-bond acceptors (Lipinski definition) is 2. The summed E-state index contributed by atoms with van der Waals surface area (Å²) in [6.07, 6.45) is -3.85. The third kappa shape index (κ3) is 1.68. The van der Waals surface area contributed by atoms with E-state index in [2.05, 4.69) is 21.0 Å². The van der Waals surface area contributed by atoms with Gasteiger partial charge in [-0.3, -0.25) is 4.79 Å². The zero-order valence-corrected chi connectivity index (χ0v) is 8.94. The molecule has 0 bridgehead atoms. The summed E-state index contributed by atoms with van der Waals surface area (Å²) in [7, 11) is 0. The van der Waals surface area contributed by atoms with Crippen molar-refractivity contribution in [2.45, 2.75) is 23.8 Å². The number of aromatic amines is 1. The predicted octanol–water partition coefficient (Wildman–Crippen LogP) is 2.17. The van der Waals surface area contributed by atoms with E-state index in [4.69, 9.17) is 0 Å². The van der Waals surface area contributed by atoms with Crippen LogP contribution in [-0.2, 0) is 12.6 Å². The Morgan fingerprint density at radius 2 is 2.13 bits per heavy atom. The molecule has 15 heavy (non-hydrogen) atoms. The Morgan fingerprint density at radius 3 is 2.73 bits per heavy atom. The maximum Gasteiger partial charge on any atom is 0.422 e. The van der Waals surface area contributed by atoms with Gasteiger partial charge in [-0.2, -0.15) is 18.3 Å². The number of hydrogen-bond donors (Lipinski definition) is 1. The van der Waals surface area contributed by atoms with E-state index in [9.17, 15) is 18.0 Å². The van der Waals surface area contributed by atoms with Gasteiger partial charge < -0.3 is 0 Å². The molecule has 0 saturated heterocycles. The molecular weight excluding hydrogens is 277 g/mol. The van der Waals surface area contributed by atoms with Crippen molar-refractivity contribution >= 4 is 15.9 Å². The summed E-state index contributed by atoms with van der Waals surface area (Å²) in [5.41, 5.74) is -1.95. The highest BCUT2D eigenvalue weighted by molar-refractivity contribution is 9.09. The molecule has 7 heteroatoms. The number of halogens is 4. The molecule has 0 radical (unpaired) electrons. The van der Waals surface area contributed by atoms with Gasteiger partial charge in [-0.25, -0.2) is 5.10 Å². The van der Waals surface area contributed by atoms with Crippen LogP contribution in [0, 0.1) is 0 Å². The lowest BCUT2D eigenvalue weighted by atomic mass is 10.1. The number of alkyl halides is 4. The number of nitrogens with zero attached hydrogens (tertiary/aromatic N) is 1. The Morgan fingerprint density at radius 1 is 1.47 bits per heavy atom. The number of fused-ring (bicyclic) bond motifs is 1. The first kappa shape index (κ1) is 10.7. The molecule has 0 aliphatic heterocycles. The smallest absolute Gasteiger partial charge is 0.267 e. The van der Waals surface area contributed by atoms with Gasteiger partial charge in [0.05, 0.1) is 10.5 Å². The fourth-order valence-corrected chi connectivity index (χ4v) is 2.33. The second kappa shape index (κ2) is 3.33. The van der Waals surface area contributed by atoms with E-state index in [1.165, 1.54) is 0 Å². The number of nitrogens with one attached hydrogen (secondary N) is 1. The van der Waals surface area contributed by atoms with Crippen LogP contribution in [0.5, 0.6) is 0 Å². The van der Waals surface area contributed by atoms with Crippen molar-refractivity contribution in [2.24, 2.45) is 0 Å². The standard InChI is InChI=1S/C8H6BrF3N2O/c9-4-2-1-3-5(8(10,11)12)7(15)14-13-6(3)4/h4H,1-2H2,(H,14,15). The van der Waals surface area contributed by atoms with Crippen molar-refractivity contribution in [3.8, 4) is 0 Å². The molecule has 1 heterocycles. The third-order valence-electron chi connectivity index (χ3n) is 2.34. The lowest BCUT2D eigenvalue weighted by Crippen LogP contribution is -2.25. The van der Waals surface area contributed by atoms with Gasteiger partial charge in [-0.1, -0.05) is 15.9 Å². The minimum Gasteiger partial charge on any atom is -0.267 e. The second-order valence-corrected chi connectivity index (χ2v) is 4.40. The Kier molecular flexibility index (Phi) is 2.37. The highest BCUT2D eigenvalue weighted by atomic mass is 79.9. The Hall–Kier alpha value is -0.850. The van der Waals surface area contributed by atoms with Gasteiger partial charge in [-0.05, 0) is 18.4 Å². The molecule has 1 aromatic heterocycles. The van der Waals surface area contributed by atoms with Gasteiger partial charge in [-0.15, -0.1) is 0 Å². The first-order chi connectivity index (χ1) is 6.91. The molecule has 1 unspecified atom stereocenters. The topological polar surface area (TPSA) is 45.8 Å². The predicted molar refractivity (Wildman–Crippen MR) is 49.8 cm³/mol. The molecule has 82 valence electrons. The van der Waals surface area contributed by atoms with E-state index in [0.29, 0.717) is 12.1 Å². The first-order valence-electron chi connectivity index (χ1n) is 4.24. The summed E-state index contributed by atoms with van der Waals surface area (Å²) >= 11 is 3.21. The molecule has 0 spiro atoms. The highest BCUT2D eigenvalue weighted by Gasteiger charge is 2.40. The molecular formula is C8H6BrF3N2O. The Balaban J connectivity index is 2.70. The van der Waals surface area contributed by atoms with Crippen LogP contribution in [0.15, 0.2) is 4.79 Å². The van der Waals surface area contributed by atoms with Gasteiger partial charge in [0, 0.05) is 0 Å². The summed E-state index contributed by atoms with van der Waals surface area (Å²) < 4.78 is 37.7. The van der Waals surface area contributed by atoms with Crippen LogP contribution in [0.4, 0.5) is 13.2 Å². The monoisotopic (exact) mass is 282 g/mol. The number of aromatic nitrogens is 2.